The fraction of sp³-hybridized carbons (Fsp3) is 0.296. The lowest BCUT2D eigenvalue weighted by Gasteiger charge is -2.43. The molecule has 31 heavy (non-hydrogen) atoms. The summed E-state index contributed by atoms with van der Waals surface area (Å²) in [5.74, 6) is 2.06. The first-order chi connectivity index (χ1) is 15.2. The number of halogens is 1. The van der Waals surface area contributed by atoms with Crippen LogP contribution < -0.4 is 10.6 Å². The van der Waals surface area contributed by atoms with Gasteiger partial charge in [0.25, 0.3) is 5.91 Å². The van der Waals surface area contributed by atoms with Crippen molar-refractivity contribution < 1.29 is 9.18 Å². The first kappa shape index (κ1) is 18.6. The Morgan fingerprint density at radius 3 is 2.52 bits per heavy atom. The molecule has 2 N–H and O–H groups in total. The highest BCUT2D eigenvalue weighted by Gasteiger charge is 2.53. The van der Waals surface area contributed by atoms with Gasteiger partial charge in [0.15, 0.2) is 0 Å². The highest BCUT2D eigenvalue weighted by atomic mass is 19.1. The zero-order chi connectivity index (χ0) is 20.9. The van der Waals surface area contributed by atoms with Gasteiger partial charge in [-0.2, -0.15) is 0 Å². The smallest absolute Gasteiger partial charge is 0.255 e. The Labute approximate surface area is 181 Å². The maximum absolute atomic E-state index is 13.2. The molecule has 3 aromatic rings. The number of carbonyl (C=O) groups is 1. The summed E-state index contributed by atoms with van der Waals surface area (Å²) in [6, 6.07) is 23.0. The van der Waals surface area contributed by atoms with E-state index < -0.39 is 0 Å². The number of fused-ring (bicyclic) bond motifs is 7. The van der Waals surface area contributed by atoms with Crippen LogP contribution in [0.1, 0.15) is 52.7 Å². The third-order valence-corrected chi connectivity index (χ3v) is 7.61. The molecule has 156 valence electrons. The van der Waals surface area contributed by atoms with Crippen LogP contribution >= 0.6 is 0 Å². The van der Waals surface area contributed by atoms with Crippen LogP contribution in [0.2, 0.25) is 0 Å². The molecule has 3 aromatic carbocycles. The fourth-order valence-corrected chi connectivity index (χ4v) is 6.35. The summed E-state index contributed by atoms with van der Waals surface area (Å²) in [7, 11) is 0. The number of anilines is 2. The zero-order valence-corrected chi connectivity index (χ0v) is 17.2. The summed E-state index contributed by atoms with van der Waals surface area (Å²) in [6.07, 6.45) is 3.90. The molecule has 0 saturated heterocycles. The molecule has 2 aliphatic carbocycles. The number of hydrogen-bond acceptors (Lipinski definition) is 2. The van der Waals surface area contributed by atoms with Gasteiger partial charge in [-0.25, -0.2) is 4.39 Å². The molecule has 3 aliphatic rings. The van der Waals surface area contributed by atoms with E-state index in [9.17, 15) is 9.18 Å². The molecule has 3 nitrogen and oxygen atoms in total. The second-order valence-corrected chi connectivity index (χ2v) is 9.23. The predicted octanol–water partition coefficient (Wildman–Crippen LogP) is 6.37. The lowest BCUT2D eigenvalue weighted by molar-refractivity contribution is 0.102. The minimum Gasteiger partial charge on any atom is -0.378 e. The van der Waals surface area contributed by atoms with Crippen molar-refractivity contribution in [1.82, 2.24) is 0 Å². The molecule has 4 heteroatoms. The molecule has 1 heterocycles. The van der Waals surface area contributed by atoms with E-state index in [0.717, 1.165) is 11.6 Å². The third-order valence-electron chi connectivity index (χ3n) is 7.61. The van der Waals surface area contributed by atoms with Crippen LogP contribution in [0.3, 0.4) is 0 Å². The standard InChI is InChI=1S/C27H25FN2O/c28-20-9-11-21(12-10-20)29-27(31)19-8-13-23-22(15-19)24-17-6-7-18(14-17)25(24)26(30-23)16-4-2-1-3-5-16/h1-5,8-13,15,17-18,24-26,30H,6-7,14H2,(H,29,31). The third kappa shape index (κ3) is 3.13. The summed E-state index contributed by atoms with van der Waals surface area (Å²) in [5, 5.41) is 6.71. The van der Waals surface area contributed by atoms with Crippen LogP contribution in [0.4, 0.5) is 15.8 Å². The number of amides is 1. The number of carbonyl (C=O) groups excluding carboxylic acids is 1. The van der Waals surface area contributed by atoms with Gasteiger partial charge < -0.3 is 10.6 Å². The van der Waals surface area contributed by atoms with Crippen molar-refractivity contribution in [1.29, 1.82) is 0 Å². The maximum atomic E-state index is 13.2. The quantitative estimate of drug-likeness (QED) is 0.524. The summed E-state index contributed by atoms with van der Waals surface area (Å²) >= 11 is 0. The average Bonchev–Trinajstić information content (AvgIpc) is 3.43. The Bertz CT molecular complexity index is 1130. The van der Waals surface area contributed by atoms with Crippen LogP contribution in [0, 0.1) is 23.6 Å². The summed E-state index contributed by atoms with van der Waals surface area (Å²) in [4.78, 5) is 12.9. The summed E-state index contributed by atoms with van der Waals surface area (Å²) < 4.78 is 13.2. The van der Waals surface area contributed by atoms with E-state index in [0.29, 0.717) is 35.0 Å². The lowest BCUT2D eigenvalue weighted by atomic mass is 9.68. The molecule has 0 radical (unpaired) electrons. The molecule has 5 unspecified atom stereocenters. The Kier molecular flexibility index (Phi) is 4.34. The molecule has 2 bridgehead atoms. The maximum Gasteiger partial charge on any atom is 0.255 e. The highest BCUT2D eigenvalue weighted by molar-refractivity contribution is 6.04. The van der Waals surface area contributed by atoms with E-state index >= 15 is 0 Å². The first-order valence-corrected chi connectivity index (χ1v) is 11.2. The largest absolute Gasteiger partial charge is 0.378 e. The summed E-state index contributed by atoms with van der Waals surface area (Å²) in [6.45, 7) is 0. The molecule has 6 rings (SSSR count). The molecule has 0 aromatic heterocycles. The van der Waals surface area contributed by atoms with Crippen molar-refractivity contribution in [3.63, 3.8) is 0 Å². The molecule has 5 atom stereocenters. The molecule has 1 aliphatic heterocycles. The van der Waals surface area contributed by atoms with Crippen molar-refractivity contribution in [2.75, 3.05) is 10.6 Å². The van der Waals surface area contributed by atoms with Crippen LogP contribution in [0.15, 0.2) is 72.8 Å². The van der Waals surface area contributed by atoms with E-state index in [1.54, 1.807) is 12.1 Å². The Morgan fingerprint density at radius 2 is 1.71 bits per heavy atom. The Hall–Kier alpha value is -3.14. The van der Waals surface area contributed by atoms with Crippen LogP contribution in [-0.2, 0) is 0 Å². The fourth-order valence-electron chi connectivity index (χ4n) is 6.35. The van der Waals surface area contributed by atoms with Gasteiger partial charge in [-0.3, -0.25) is 4.79 Å². The summed E-state index contributed by atoms with van der Waals surface area (Å²) in [5.41, 5.74) is 5.06. The normalized spacial score (nSPS) is 27.8. The molecular weight excluding hydrogens is 387 g/mol. The molecule has 0 spiro atoms. The second kappa shape index (κ2) is 7.23. The number of benzene rings is 3. The monoisotopic (exact) mass is 412 g/mol. The van der Waals surface area contributed by atoms with Crippen molar-refractivity contribution in [3.8, 4) is 0 Å². The SMILES string of the molecule is O=C(Nc1ccc(F)cc1)c1ccc2c(c1)C1C3CCC(C3)C1C(c1ccccc1)N2. The van der Waals surface area contributed by atoms with E-state index in [1.165, 1.54) is 42.5 Å². The zero-order valence-electron chi connectivity index (χ0n) is 17.2. The van der Waals surface area contributed by atoms with E-state index in [-0.39, 0.29) is 11.7 Å². The van der Waals surface area contributed by atoms with Crippen LogP contribution in [0.5, 0.6) is 0 Å². The number of rotatable bonds is 3. The van der Waals surface area contributed by atoms with Gasteiger partial charge in [0, 0.05) is 16.9 Å². The number of hydrogen-bond donors (Lipinski definition) is 2. The van der Waals surface area contributed by atoms with Crippen LogP contribution in [-0.4, -0.2) is 5.91 Å². The van der Waals surface area contributed by atoms with Gasteiger partial charge in [0.05, 0.1) is 6.04 Å². The molecular formula is C27H25FN2O. The first-order valence-electron chi connectivity index (χ1n) is 11.2. The molecule has 2 saturated carbocycles. The topological polar surface area (TPSA) is 41.1 Å². The van der Waals surface area contributed by atoms with E-state index in [1.807, 2.05) is 6.07 Å². The van der Waals surface area contributed by atoms with Gasteiger partial charge >= 0.3 is 0 Å². The minimum absolute atomic E-state index is 0.153. The number of nitrogens with one attached hydrogen (secondary N) is 2. The lowest BCUT2D eigenvalue weighted by Crippen LogP contribution is -2.35. The van der Waals surface area contributed by atoms with E-state index in [2.05, 4.69) is 53.1 Å². The van der Waals surface area contributed by atoms with Crippen molar-refractivity contribution >= 4 is 17.3 Å². The van der Waals surface area contributed by atoms with Gasteiger partial charge in [-0.15, -0.1) is 0 Å². The van der Waals surface area contributed by atoms with Gasteiger partial charge in [0.2, 0.25) is 0 Å². The van der Waals surface area contributed by atoms with E-state index in [4.69, 9.17) is 0 Å². The highest BCUT2D eigenvalue weighted by Crippen LogP contribution is 2.63. The second-order valence-electron chi connectivity index (χ2n) is 9.23. The van der Waals surface area contributed by atoms with Crippen LogP contribution in [0.25, 0.3) is 0 Å². The van der Waals surface area contributed by atoms with Gasteiger partial charge in [-0.1, -0.05) is 30.3 Å². The van der Waals surface area contributed by atoms with Crippen molar-refractivity contribution in [2.45, 2.75) is 31.2 Å². The molecule has 2 fully saturated rings. The average molecular weight is 413 g/mol. The van der Waals surface area contributed by atoms with Crippen molar-refractivity contribution in [2.24, 2.45) is 17.8 Å². The van der Waals surface area contributed by atoms with Gasteiger partial charge in [0.1, 0.15) is 5.82 Å². The van der Waals surface area contributed by atoms with Crippen molar-refractivity contribution in [3.05, 3.63) is 95.3 Å². The Morgan fingerprint density at radius 1 is 0.935 bits per heavy atom. The predicted molar refractivity (Wildman–Crippen MR) is 121 cm³/mol. The van der Waals surface area contributed by atoms with Gasteiger partial charge in [-0.05, 0) is 96.5 Å². The minimum atomic E-state index is -0.312. The Balaban J connectivity index is 1.34. The molecule has 1 amide bonds.